The molecule has 1 aliphatic heterocycles. The van der Waals surface area contributed by atoms with Gasteiger partial charge in [-0.15, -0.1) is 6.58 Å². The predicted molar refractivity (Wildman–Crippen MR) is 78.8 cm³/mol. The van der Waals surface area contributed by atoms with Crippen LogP contribution in [0.15, 0.2) is 18.7 Å². The van der Waals surface area contributed by atoms with Gasteiger partial charge in [-0.3, -0.25) is 4.79 Å². The van der Waals surface area contributed by atoms with Crippen molar-refractivity contribution >= 4 is 5.91 Å². The summed E-state index contributed by atoms with van der Waals surface area (Å²) in [5, 5.41) is 2.76. The van der Waals surface area contributed by atoms with Crippen LogP contribution in [0.4, 0.5) is 0 Å². The Morgan fingerprint density at radius 3 is 3.10 bits per heavy atom. The van der Waals surface area contributed by atoms with E-state index in [-0.39, 0.29) is 5.91 Å². The second kappa shape index (κ2) is 6.61. The molecule has 1 amide bonds. The molecule has 108 valence electrons. The van der Waals surface area contributed by atoms with Gasteiger partial charge in [-0.2, -0.15) is 0 Å². The summed E-state index contributed by atoms with van der Waals surface area (Å²) in [7, 11) is 2.12. The highest BCUT2D eigenvalue weighted by Crippen LogP contribution is 2.25. The maximum absolute atomic E-state index is 12.0. The van der Waals surface area contributed by atoms with Crippen LogP contribution < -0.4 is 5.32 Å². The third kappa shape index (κ3) is 3.63. The predicted octanol–water partition coefficient (Wildman–Crippen LogP) is 1.51. The molecule has 2 heterocycles. The van der Waals surface area contributed by atoms with E-state index in [9.17, 15) is 4.79 Å². The standard InChI is InChI=1S/C15H22N4O/c1-4-7-16-15(20)14-9-13(17-11(2)18-14)12-6-5-8-19(3)10-12/h4,9,12H,1,5-8,10H2,2-3H3,(H,16,20)/t12-/m0/s1. The van der Waals surface area contributed by atoms with Gasteiger partial charge in [-0.05, 0) is 39.4 Å². The first kappa shape index (κ1) is 14.7. The summed E-state index contributed by atoms with van der Waals surface area (Å²) >= 11 is 0. The van der Waals surface area contributed by atoms with E-state index >= 15 is 0 Å². The van der Waals surface area contributed by atoms with Gasteiger partial charge in [0.2, 0.25) is 0 Å². The second-order valence-electron chi connectivity index (χ2n) is 5.33. The van der Waals surface area contributed by atoms with Gasteiger partial charge in [0.15, 0.2) is 0 Å². The van der Waals surface area contributed by atoms with Crippen molar-refractivity contribution in [3.63, 3.8) is 0 Å². The van der Waals surface area contributed by atoms with Crippen molar-refractivity contribution in [2.75, 3.05) is 26.7 Å². The third-order valence-corrected chi connectivity index (χ3v) is 3.54. The molecule has 1 aromatic heterocycles. The van der Waals surface area contributed by atoms with E-state index in [2.05, 4.69) is 33.8 Å². The number of rotatable bonds is 4. The lowest BCUT2D eigenvalue weighted by molar-refractivity contribution is 0.0952. The topological polar surface area (TPSA) is 58.1 Å². The minimum atomic E-state index is -0.166. The normalized spacial score (nSPS) is 19.6. The van der Waals surface area contributed by atoms with Crippen LogP contribution in [0.5, 0.6) is 0 Å². The summed E-state index contributed by atoms with van der Waals surface area (Å²) in [5.41, 5.74) is 1.43. The SMILES string of the molecule is C=CCNC(=O)c1cc([C@H]2CCCN(C)C2)nc(C)n1. The summed E-state index contributed by atoms with van der Waals surface area (Å²) in [5.74, 6) is 0.877. The lowest BCUT2D eigenvalue weighted by Gasteiger charge is -2.29. The molecule has 0 bridgehead atoms. The van der Waals surface area contributed by atoms with E-state index in [1.807, 2.05) is 13.0 Å². The van der Waals surface area contributed by atoms with Gasteiger partial charge in [-0.25, -0.2) is 9.97 Å². The van der Waals surface area contributed by atoms with Crippen molar-refractivity contribution in [2.45, 2.75) is 25.7 Å². The van der Waals surface area contributed by atoms with Crippen LogP contribution >= 0.6 is 0 Å². The van der Waals surface area contributed by atoms with E-state index in [0.29, 0.717) is 24.0 Å². The van der Waals surface area contributed by atoms with Gasteiger partial charge in [0, 0.05) is 24.7 Å². The number of aryl methyl sites for hydroxylation is 1. The van der Waals surface area contributed by atoms with E-state index in [0.717, 1.165) is 25.2 Å². The molecule has 1 N–H and O–H groups in total. The molecule has 0 unspecified atom stereocenters. The molecule has 0 aliphatic carbocycles. The second-order valence-corrected chi connectivity index (χ2v) is 5.33. The molecule has 2 rings (SSSR count). The van der Waals surface area contributed by atoms with Crippen LogP contribution in [0.25, 0.3) is 0 Å². The molecule has 1 saturated heterocycles. The zero-order valence-corrected chi connectivity index (χ0v) is 12.2. The first-order chi connectivity index (χ1) is 9.60. The average molecular weight is 274 g/mol. The van der Waals surface area contributed by atoms with Gasteiger partial charge in [0.05, 0.1) is 0 Å². The van der Waals surface area contributed by atoms with Gasteiger partial charge in [0.1, 0.15) is 11.5 Å². The molecule has 5 heteroatoms. The van der Waals surface area contributed by atoms with Crippen LogP contribution in [0.2, 0.25) is 0 Å². The first-order valence-electron chi connectivity index (χ1n) is 7.03. The minimum absolute atomic E-state index is 0.166. The van der Waals surface area contributed by atoms with Gasteiger partial charge in [-0.1, -0.05) is 6.08 Å². The molecule has 20 heavy (non-hydrogen) atoms. The smallest absolute Gasteiger partial charge is 0.270 e. The quantitative estimate of drug-likeness (QED) is 0.846. The molecular formula is C15H22N4O. The Morgan fingerprint density at radius 1 is 1.60 bits per heavy atom. The molecular weight excluding hydrogens is 252 g/mol. The zero-order chi connectivity index (χ0) is 14.5. The van der Waals surface area contributed by atoms with Crippen molar-refractivity contribution in [2.24, 2.45) is 0 Å². The van der Waals surface area contributed by atoms with Gasteiger partial charge < -0.3 is 10.2 Å². The zero-order valence-electron chi connectivity index (χ0n) is 12.2. The summed E-state index contributed by atoms with van der Waals surface area (Å²) in [6.45, 7) is 7.99. The fourth-order valence-corrected chi connectivity index (χ4v) is 2.58. The summed E-state index contributed by atoms with van der Waals surface area (Å²) in [6.07, 6.45) is 3.94. The van der Waals surface area contributed by atoms with Crippen LogP contribution in [0, 0.1) is 6.92 Å². The minimum Gasteiger partial charge on any atom is -0.347 e. The largest absolute Gasteiger partial charge is 0.347 e. The number of nitrogens with one attached hydrogen (secondary N) is 1. The number of likely N-dealkylation sites (tertiary alicyclic amines) is 1. The summed E-state index contributed by atoms with van der Waals surface area (Å²) < 4.78 is 0. The Labute approximate surface area is 120 Å². The highest BCUT2D eigenvalue weighted by molar-refractivity contribution is 5.92. The Morgan fingerprint density at radius 2 is 2.40 bits per heavy atom. The summed E-state index contributed by atoms with van der Waals surface area (Å²) in [4.78, 5) is 23.1. The van der Waals surface area contributed by atoms with Crippen LogP contribution in [-0.4, -0.2) is 47.5 Å². The monoisotopic (exact) mass is 274 g/mol. The number of likely N-dealkylation sites (N-methyl/N-ethyl adjacent to an activating group) is 1. The van der Waals surface area contributed by atoms with Crippen LogP contribution in [0.3, 0.4) is 0 Å². The fourth-order valence-electron chi connectivity index (χ4n) is 2.58. The lowest BCUT2D eigenvalue weighted by atomic mass is 9.94. The molecule has 1 aromatic rings. The Bertz CT molecular complexity index is 501. The molecule has 0 aromatic carbocycles. The molecule has 1 aliphatic rings. The van der Waals surface area contributed by atoms with Gasteiger partial charge >= 0.3 is 0 Å². The molecule has 1 fully saturated rings. The molecule has 0 radical (unpaired) electrons. The first-order valence-corrected chi connectivity index (χ1v) is 7.03. The highest BCUT2D eigenvalue weighted by atomic mass is 16.1. The van der Waals surface area contributed by atoms with Crippen molar-refractivity contribution in [1.82, 2.24) is 20.2 Å². The lowest BCUT2D eigenvalue weighted by Crippen LogP contribution is -2.32. The summed E-state index contributed by atoms with van der Waals surface area (Å²) in [6, 6.07) is 1.83. The number of piperidine rings is 1. The number of hydrogen-bond acceptors (Lipinski definition) is 4. The Kier molecular flexibility index (Phi) is 4.84. The number of amides is 1. The molecule has 5 nitrogen and oxygen atoms in total. The van der Waals surface area contributed by atoms with Gasteiger partial charge in [0.25, 0.3) is 5.91 Å². The number of aromatic nitrogens is 2. The number of carbonyl (C=O) groups is 1. The number of hydrogen-bond donors (Lipinski definition) is 1. The maximum atomic E-state index is 12.0. The Hall–Kier alpha value is -1.75. The average Bonchev–Trinajstić information content (AvgIpc) is 2.44. The number of nitrogens with zero attached hydrogens (tertiary/aromatic N) is 3. The fraction of sp³-hybridized carbons (Fsp3) is 0.533. The van der Waals surface area contributed by atoms with E-state index < -0.39 is 0 Å². The van der Waals surface area contributed by atoms with E-state index in [1.54, 1.807) is 6.08 Å². The Balaban J connectivity index is 2.19. The highest BCUT2D eigenvalue weighted by Gasteiger charge is 2.22. The number of carbonyl (C=O) groups excluding carboxylic acids is 1. The molecule has 1 atom stereocenters. The van der Waals surface area contributed by atoms with E-state index in [1.165, 1.54) is 6.42 Å². The van der Waals surface area contributed by atoms with E-state index in [4.69, 9.17) is 0 Å². The van der Waals surface area contributed by atoms with Crippen molar-refractivity contribution in [3.05, 3.63) is 35.9 Å². The molecule has 0 spiro atoms. The maximum Gasteiger partial charge on any atom is 0.270 e. The van der Waals surface area contributed by atoms with Crippen molar-refractivity contribution in [1.29, 1.82) is 0 Å². The molecule has 0 saturated carbocycles. The van der Waals surface area contributed by atoms with Crippen LogP contribution in [-0.2, 0) is 0 Å². The van der Waals surface area contributed by atoms with Crippen LogP contribution in [0.1, 0.15) is 40.8 Å². The van der Waals surface area contributed by atoms with Crippen molar-refractivity contribution in [3.8, 4) is 0 Å². The van der Waals surface area contributed by atoms with Crippen molar-refractivity contribution < 1.29 is 4.79 Å². The third-order valence-electron chi connectivity index (χ3n) is 3.54.